The quantitative estimate of drug-likeness (QED) is 0.759. The van der Waals surface area contributed by atoms with Gasteiger partial charge in [0.2, 0.25) is 0 Å². The van der Waals surface area contributed by atoms with Crippen LogP contribution >= 0.6 is 0 Å². The summed E-state index contributed by atoms with van der Waals surface area (Å²) >= 11 is 0. The van der Waals surface area contributed by atoms with Gasteiger partial charge in [-0.1, -0.05) is 36.4 Å². The summed E-state index contributed by atoms with van der Waals surface area (Å²) < 4.78 is 5.17. The van der Waals surface area contributed by atoms with Crippen LogP contribution in [0.1, 0.15) is 17.0 Å². The number of rotatable bonds is 5. The van der Waals surface area contributed by atoms with Crippen molar-refractivity contribution in [2.45, 2.75) is 20.0 Å². The molecule has 0 atom stereocenters. The number of carbonyl (C=O) groups excluding carboxylic acids is 1. The van der Waals surface area contributed by atoms with E-state index in [1.165, 1.54) is 0 Å². The lowest BCUT2D eigenvalue weighted by molar-refractivity contribution is 0.140. The van der Waals surface area contributed by atoms with Gasteiger partial charge >= 0.3 is 6.09 Å². The van der Waals surface area contributed by atoms with Gasteiger partial charge in [0.05, 0.1) is 11.0 Å². The minimum atomic E-state index is -0.396. The Labute approximate surface area is 134 Å². The van der Waals surface area contributed by atoms with Crippen molar-refractivity contribution >= 4 is 17.1 Å². The van der Waals surface area contributed by atoms with Gasteiger partial charge in [-0.05, 0) is 36.6 Å². The summed E-state index contributed by atoms with van der Waals surface area (Å²) in [6.45, 7) is 2.75. The van der Waals surface area contributed by atoms with Gasteiger partial charge in [0.15, 0.2) is 0 Å². The smallest absolute Gasteiger partial charge is 0.407 e. The largest absolute Gasteiger partial charge is 0.445 e. The molecule has 0 radical (unpaired) electrons. The van der Waals surface area contributed by atoms with Crippen LogP contribution in [-0.2, 0) is 17.8 Å². The first-order valence-corrected chi connectivity index (χ1v) is 7.60. The van der Waals surface area contributed by atoms with E-state index >= 15 is 0 Å². The van der Waals surface area contributed by atoms with Gasteiger partial charge in [0.25, 0.3) is 0 Å². The molecule has 0 unspecified atom stereocenters. The first-order chi connectivity index (χ1) is 11.2. The number of imidazole rings is 1. The molecule has 0 aliphatic carbocycles. The zero-order chi connectivity index (χ0) is 16.1. The Kier molecular flexibility index (Phi) is 4.57. The summed E-state index contributed by atoms with van der Waals surface area (Å²) in [6.07, 6.45) is 0.348. The third kappa shape index (κ3) is 4.10. The Balaban J connectivity index is 1.45. The average Bonchev–Trinajstić information content (AvgIpc) is 2.93. The van der Waals surface area contributed by atoms with Gasteiger partial charge < -0.3 is 15.0 Å². The molecule has 0 aliphatic rings. The maximum atomic E-state index is 11.7. The number of aromatic amines is 1. The van der Waals surface area contributed by atoms with Crippen molar-refractivity contribution < 1.29 is 9.53 Å². The number of benzene rings is 2. The summed E-state index contributed by atoms with van der Waals surface area (Å²) in [6, 6.07) is 15.7. The summed E-state index contributed by atoms with van der Waals surface area (Å²) in [5, 5.41) is 2.77. The summed E-state index contributed by atoms with van der Waals surface area (Å²) in [7, 11) is 0. The molecule has 0 aliphatic heterocycles. The molecule has 3 aromatic rings. The highest BCUT2D eigenvalue weighted by atomic mass is 16.5. The van der Waals surface area contributed by atoms with Crippen LogP contribution in [0.15, 0.2) is 48.5 Å². The molecule has 0 fully saturated rings. The first-order valence-electron chi connectivity index (χ1n) is 7.60. The monoisotopic (exact) mass is 309 g/mol. The third-order valence-corrected chi connectivity index (χ3v) is 3.56. The van der Waals surface area contributed by atoms with E-state index in [1.54, 1.807) is 0 Å². The number of aromatic nitrogens is 2. The SMILES string of the molecule is Cc1nc2ccc(CCNC(=O)OCc3ccccc3)cc2[nH]1. The Morgan fingerprint density at radius 3 is 2.83 bits per heavy atom. The second-order valence-corrected chi connectivity index (χ2v) is 5.41. The van der Waals surface area contributed by atoms with Gasteiger partial charge in [-0.15, -0.1) is 0 Å². The van der Waals surface area contributed by atoms with Crippen LogP contribution in [0.5, 0.6) is 0 Å². The maximum absolute atomic E-state index is 11.7. The van der Waals surface area contributed by atoms with E-state index in [4.69, 9.17) is 4.74 Å². The zero-order valence-electron chi connectivity index (χ0n) is 13.0. The van der Waals surface area contributed by atoms with E-state index in [-0.39, 0.29) is 6.61 Å². The number of fused-ring (bicyclic) bond motifs is 1. The normalized spacial score (nSPS) is 10.7. The Bertz CT molecular complexity index is 796. The lowest BCUT2D eigenvalue weighted by Crippen LogP contribution is -2.26. The highest BCUT2D eigenvalue weighted by Gasteiger charge is 2.04. The van der Waals surface area contributed by atoms with E-state index in [2.05, 4.69) is 21.4 Å². The van der Waals surface area contributed by atoms with E-state index < -0.39 is 6.09 Å². The number of alkyl carbamates (subject to hydrolysis) is 1. The molecule has 0 bridgehead atoms. The molecule has 5 heteroatoms. The highest BCUT2D eigenvalue weighted by molar-refractivity contribution is 5.75. The van der Waals surface area contributed by atoms with Crippen molar-refractivity contribution in [1.29, 1.82) is 0 Å². The van der Waals surface area contributed by atoms with Gasteiger partial charge in [-0.25, -0.2) is 9.78 Å². The Hall–Kier alpha value is -2.82. The molecular formula is C18H19N3O2. The standard InChI is InChI=1S/C18H19N3O2/c1-13-20-16-8-7-14(11-17(16)21-13)9-10-19-18(22)23-12-15-5-3-2-4-6-15/h2-8,11H,9-10,12H2,1H3,(H,19,22)(H,20,21). The molecule has 2 aromatic carbocycles. The molecule has 118 valence electrons. The van der Waals surface area contributed by atoms with E-state index in [0.29, 0.717) is 6.54 Å². The topological polar surface area (TPSA) is 67.0 Å². The lowest BCUT2D eigenvalue weighted by Gasteiger charge is -2.07. The van der Waals surface area contributed by atoms with Crippen LogP contribution < -0.4 is 5.32 Å². The molecule has 2 N–H and O–H groups in total. The molecule has 3 rings (SSSR count). The van der Waals surface area contributed by atoms with Gasteiger partial charge in [0.1, 0.15) is 12.4 Å². The highest BCUT2D eigenvalue weighted by Crippen LogP contribution is 2.13. The fourth-order valence-electron chi connectivity index (χ4n) is 2.42. The second kappa shape index (κ2) is 6.96. The van der Waals surface area contributed by atoms with Crippen molar-refractivity contribution in [3.05, 3.63) is 65.5 Å². The first kappa shape index (κ1) is 15.1. The predicted molar refractivity (Wildman–Crippen MR) is 89.2 cm³/mol. The number of hydrogen-bond acceptors (Lipinski definition) is 3. The minimum absolute atomic E-state index is 0.284. The second-order valence-electron chi connectivity index (χ2n) is 5.41. The van der Waals surface area contributed by atoms with Crippen LogP contribution in [0.25, 0.3) is 11.0 Å². The summed E-state index contributed by atoms with van der Waals surface area (Å²) in [4.78, 5) is 19.3. The number of hydrogen-bond donors (Lipinski definition) is 2. The van der Waals surface area contributed by atoms with E-state index in [1.807, 2.05) is 49.4 Å². The van der Waals surface area contributed by atoms with Crippen molar-refractivity contribution in [1.82, 2.24) is 15.3 Å². The molecule has 0 saturated carbocycles. The van der Waals surface area contributed by atoms with Gasteiger partial charge in [-0.3, -0.25) is 0 Å². The van der Waals surface area contributed by atoms with Gasteiger partial charge in [0, 0.05) is 6.54 Å². The van der Waals surface area contributed by atoms with Crippen LogP contribution in [-0.4, -0.2) is 22.6 Å². The molecule has 1 heterocycles. The number of carbonyl (C=O) groups is 1. The molecule has 0 saturated heterocycles. The van der Waals surface area contributed by atoms with E-state index in [9.17, 15) is 4.79 Å². The van der Waals surface area contributed by atoms with E-state index in [0.717, 1.165) is 34.4 Å². The Morgan fingerprint density at radius 2 is 2.00 bits per heavy atom. The lowest BCUT2D eigenvalue weighted by atomic mass is 10.1. The molecular weight excluding hydrogens is 290 g/mol. The average molecular weight is 309 g/mol. The molecule has 0 spiro atoms. The summed E-state index contributed by atoms with van der Waals surface area (Å²) in [5.74, 6) is 0.903. The zero-order valence-corrected chi connectivity index (χ0v) is 13.0. The van der Waals surface area contributed by atoms with Gasteiger partial charge in [-0.2, -0.15) is 0 Å². The number of nitrogens with zero attached hydrogens (tertiary/aromatic N) is 1. The molecule has 23 heavy (non-hydrogen) atoms. The van der Waals surface area contributed by atoms with Crippen molar-refractivity contribution in [2.75, 3.05) is 6.54 Å². The number of aryl methyl sites for hydroxylation is 1. The van der Waals surface area contributed by atoms with Crippen LogP contribution in [0.3, 0.4) is 0 Å². The van der Waals surface area contributed by atoms with Crippen molar-refractivity contribution in [3.63, 3.8) is 0 Å². The predicted octanol–water partition coefficient (Wildman–Crippen LogP) is 3.34. The third-order valence-electron chi connectivity index (χ3n) is 3.56. The minimum Gasteiger partial charge on any atom is -0.445 e. The number of ether oxygens (including phenoxy) is 1. The summed E-state index contributed by atoms with van der Waals surface area (Å²) in [5.41, 5.74) is 4.10. The van der Waals surface area contributed by atoms with Crippen LogP contribution in [0.4, 0.5) is 4.79 Å². The molecule has 1 aromatic heterocycles. The van der Waals surface area contributed by atoms with Crippen LogP contribution in [0.2, 0.25) is 0 Å². The fraction of sp³-hybridized carbons (Fsp3) is 0.222. The molecule has 5 nitrogen and oxygen atoms in total. The Morgan fingerprint density at radius 1 is 1.17 bits per heavy atom. The van der Waals surface area contributed by atoms with Crippen LogP contribution in [0, 0.1) is 6.92 Å². The number of amides is 1. The van der Waals surface area contributed by atoms with Crippen molar-refractivity contribution in [3.8, 4) is 0 Å². The molecule has 1 amide bonds. The maximum Gasteiger partial charge on any atom is 0.407 e. The van der Waals surface area contributed by atoms with Crippen molar-refractivity contribution in [2.24, 2.45) is 0 Å². The fourth-order valence-corrected chi connectivity index (χ4v) is 2.42. The number of nitrogens with one attached hydrogen (secondary N) is 2. The number of H-pyrrole nitrogens is 1.